The molecule has 29 heavy (non-hydrogen) atoms. The molecule has 0 aliphatic carbocycles. The van der Waals surface area contributed by atoms with Crippen molar-refractivity contribution in [1.29, 1.82) is 0 Å². The van der Waals surface area contributed by atoms with E-state index in [0.717, 1.165) is 11.6 Å². The monoisotopic (exact) mass is 436 g/mol. The Morgan fingerprint density at radius 3 is 2.45 bits per heavy atom. The Labute approximate surface area is 172 Å². The van der Waals surface area contributed by atoms with Crippen molar-refractivity contribution in [2.24, 2.45) is 0 Å². The fourth-order valence-electron chi connectivity index (χ4n) is 3.12. The Hall–Kier alpha value is -2.33. The molecule has 0 saturated carbocycles. The maximum absolute atomic E-state index is 13.4. The van der Waals surface area contributed by atoms with E-state index >= 15 is 0 Å². The molecule has 0 amide bonds. The van der Waals surface area contributed by atoms with Crippen molar-refractivity contribution in [3.63, 3.8) is 0 Å². The number of hydrogen-bond donors (Lipinski definition) is 0. The second kappa shape index (κ2) is 8.19. The number of halogens is 2. The molecule has 7 nitrogen and oxygen atoms in total. The topological polar surface area (TPSA) is 79.5 Å². The molecule has 0 bridgehead atoms. The van der Waals surface area contributed by atoms with E-state index in [-0.39, 0.29) is 4.90 Å². The number of nitrogens with zero attached hydrogens (tertiary/aromatic N) is 4. The molecule has 2 heterocycles. The summed E-state index contributed by atoms with van der Waals surface area (Å²) in [7, 11) is -3.71. The number of aromatic nitrogens is 2. The number of benzene rings is 2. The van der Waals surface area contributed by atoms with Crippen LogP contribution in [0, 0.1) is 5.82 Å². The molecule has 0 radical (unpaired) electrons. The molecule has 1 fully saturated rings. The summed E-state index contributed by atoms with van der Waals surface area (Å²) < 4.78 is 45.8. The highest BCUT2D eigenvalue weighted by atomic mass is 35.5. The molecule has 0 spiro atoms. The highest BCUT2D eigenvalue weighted by Gasteiger charge is 2.29. The fourth-order valence-corrected chi connectivity index (χ4v) is 4.70. The van der Waals surface area contributed by atoms with Crippen LogP contribution in [0.1, 0.15) is 5.89 Å². The summed E-state index contributed by atoms with van der Waals surface area (Å²) in [6.07, 6.45) is 0. The predicted molar refractivity (Wildman–Crippen MR) is 105 cm³/mol. The van der Waals surface area contributed by atoms with Gasteiger partial charge in [0.25, 0.3) is 0 Å². The third-order valence-corrected chi connectivity index (χ3v) is 6.83. The lowest BCUT2D eigenvalue weighted by Gasteiger charge is -2.33. The average Bonchev–Trinajstić information content (AvgIpc) is 3.17. The maximum atomic E-state index is 13.4. The van der Waals surface area contributed by atoms with Crippen LogP contribution in [0.2, 0.25) is 5.02 Å². The van der Waals surface area contributed by atoms with Crippen LogP contribution in [0.25, 0.3) is 11.5 Å². The van der Waals surface area contributed by atoms with Crippen LogP contribution in [-0.4, -0.2) is 54.0 Å². The van der Waals surface area contributed by atoms with Crippen LogP contribution in [-0.2, 0) is 16.6 Å². The van der Waals surface area contributed by atoms with Crippen LogP contribution < -0.4 is 0 Å². The van der Waals surface area contributed by atoms with Crippen LogP contribution in [0.5, 0.6) is 0 Å². The first-order chi connectivity index (χ1) is 13.9. The SMILES string of the molecule is O=S(=O)(c1cccc(F)c1)N1CCN(Cc2nnc(-c3ccc(Cl)cc3)o2)CC1. The third kappa shape index (κ3) is 4.48. The Morgan fingerprint density at radius 2 is 1.76 bits per heavy atom. The van der Waals surface area contributed by atoms with Gasteiger partial charge in [0.1, 0.15) is 5.82 Å². The molecule has 4 rings (SSSR count). The summed E-state index contributed by atoms with van der Waals surface area (Å²) in [5.41, 5.74) is 0.777. The van der Waals surface area contributed by atoms with Crippen molar-refractivity contribution >= 4 is 21.6 Å². The summed E-state index contributed by atoms with van der Waals surface area (Å²) in [6, 6.07) is 12.2. The molecule has 0 N–H and O–H groups in total. The van der Waals surface area contributed by atoms with Gasteiger partial charge in [0, 0.05) is 36.8 Å². The van der Waals surface area contributed by atoms with Crippen molar-refractivity contribution in [3.05, 3.63) is 65.3 Å². The molecule has 1 aromatic heterocycles. The number of rotatable bonds is 5. The van der Waals surface area contributed by atoms with Gasteiger partial charge in [-0.05, 0) is 42.5 Å². The van der Waals surface area contributed by atoms with Gasteiger partial charge in [-0.15, -0.1) is 10.2 Å². The quantitative estimate of drug-likeness (QED) is 0.611. The lowest BCUT2D eigenvalue weighted by Crippen LogP contribution is -2.48. The van der Waals surface area contributed by atoms with E-state index in [1.807, 2.05) is 4.90 Å². The van der Waals surface area contributed by atoms with Gasteiger partial charge in [-0.3, -0.25) is 4.90 Å². The van der Waals surface area contributed by atoms with Gasteiger partial charge in [0.05, 0.1) is 11.4 Å². The number of sulfonamides is 1. The van der Waals surface area contributed by atoms with E-state index in [1.165, 1.54) is 22.5 Å². The lowest BCUT2D eigenvalue weighted by molar-refractivity contribution is 0.168. The van der Waals surface area contributed by atoms with E-state index in [2.05, 4.69) is 10.2 Å². The second-order valence-electron chi connectivity index (χ2n) is 6.65. The van der Waals surface area contributed by atoms with Crippen molar-refractivity contribution in [2.75, 3.05) is 26.2 Å². The minimum Gasteiger partial charge on any atom is -0.419 e. The lowest BCUT2D eigenvalue weighted by atomic mass is 10.2. The Balaban J connectivity index is 1.37. The van der Waals surface area contributed by atoms with Crippen molar-refractivity contribution in [3.8, 4) is 11.5 Å². The van der Waals surface area contributed by atoms with Gasteiger partial charge in [0.15, 0.2) is 0 Å². The van der Waals surface area contributed by atoms with Gasteiger partial charge in [0.2, 0.25) is 21.8 Å². The summed E-state index contributed by atoms with van der Waals surface area (Å²) in [5, 5.41) is 8.75. The van der Waals surface area contributed by atoms with E-state index in [0.29, 0.717) is 49.5 Å². The van der Waals surface area contributed by atoms with Crippen LogP contribution in [0.4, 0.5) is 4.39 Å². The first kappa shape index (κ1) is 20.0. The second-order valence-corrected chi connectivity index (χ2v) is 9.02. The van der Waals surface area contributed by atoms with Crippen LogP contribution >= 0.6 is 11.6 Å². The van der Waals surface area contributed by atoms with Crippen molar-refractivity contribution in [1.82, 2.24) is 19.4 Å². The van der Waals surface area contributed by atoms with Gasteiger partial charge in [-0.2, -0.15) is 4.31 Å². The van der Waals surface area contributed by atoms with Crippen molar-refractivity contribution in [2.45, 2.75) is 11.4 Å². The Morgan fingerprint density at radius 1 is 1.03 bits per heavy atom. The first-order valence-corrected chi connectivity index (χ1v) is 10.8. The summed E-state index contributed by atoms with van der Waals surface area (Å²) in [4.78, 5) is 2.01. The molecule has 2 aromatic carbocycles. The zero-order chi connectivity index (χ0) is 20.4. The summed E-state index contributed by atoms with van der Waals surface area (Å²) in [6.45, 7) is 2.04. The van der Waals surface area contributed by atoms with Crippen molar-refractivity contribution < 1.29 is 17.2 Å². The molecular weight excluding hydrogens is 419 g/mol. The van der Waals surface area contributed by atoms with Gasteiger partial charge in [-0.25, -0.2) is 12.8 Å². The van der Waals surface area contributed by atoms with Gasteiger partial charge >= 0.3 is 0 Å². The Kier molecular flexibility index (Phi) is 5.64. The molecule has 10 heteroatoms. The summed E-state index contributed by atoms with van der Waals surface area (Å²) in [5.74, 6) is 0.290. The largest absolute Gasteiger partial charge is 0.419 e. The minimum absolute atomic E-state index is 0.0320. The fraction of sp³-hybridized carbons (Fsp3) is 0.263. The standard InChI is InChI=1S/C19H18ClFN4O3S/c20-15-6-4-14(5-7-15)19-23-22-18(28-19)13-24-8-10-25(11-9-24)29(26,27)17-3-1-2-16(21)12-17/h1-7,12H,8-11,13H2. The summed E-state index contributed by atoms with van der Waals surface area (Å²) >= 11 is 5.89. The molecule has 0 atom stereocenters. The number of hydrogen-bond acceptors (Lipinski definition) is 6. The molecule has 0 unspecified atom stereocenters. The highest BCUT2D eigenvalue weighted by molar-refractivity contribution is 7.89. The van der Waals surface area contributed by atoms with Gasteiger partial charge in [-0.1, -0.05) is 17.7 Å². The van der Waals surface area contributed by atoms with Gasteiger partial charge < -0.3 is 4.42 Å². The molecule has 1 aliphatic rings. The van der Waals surface area contributed by atoms with E-state index in [1.54, 1.807) is 24.3 Å². The first-order valence-electron chi connectivity index (χ1n) is 8.98. The predicted octanol–water partition coefficient (Wildman–Crippen LogP) is 3.04. The third-order valence-electron chi connectivity index (χ3n) is 4.68. The molecule has 1 aliphatic heterocycles. The van der Waals surface area contributed by atoms with Crippen LogP contribution in [0.3, 0.4) is 0 Å². The Bertz CT molecular complexity index is 1100. The molecule has 152 valence electrons. The average molecular weight is 437 g/mol. The van der Waals surface area contributed by atoms with Crippen LogP contribution in [0.15, 0.2) is 57.8 Å². The molecule has 1 saturated heterocycles. The smallest absolute Gasteiger partial charge is 0.247 e. The minimum atomic E-state index is -3.71. The maximum Gasteiger partial charge on any atom is 0.247 e. The zero-order valence-electron chi connectivity index (χ0n) is 15.3. The highest BCUT2D eigenvalue weighted by Crippen LogP contribution is 2.22. The normalized spacial score (nSPS) is 16.2. The molecular formula is C19H18ClFN4O3S. The molecule has 3 aromatic rings. The van der Waals surface area contributed by atoms with E-state index in [4.69, 9.17) is 16.0 Å². The zero-order valence-corrected chi connectivity index (χ0v) is 16.9. The van der Waals surface area contributed by atoms with E-state index in [9.17, 15) is 12.8 Å². The van der Waals surface area contributed by atoms with E-state index < -0.39 is 15.8 Å². The number of piperazine rings is 1.